The lowest BCUT2D eigenvalue weighted by molar-refractivity contribution is -0.143. The quantitative estimate of drug-likeness (QED) is 0.766. The Kier molecular flexibility index (Phi) is 3.37. The molecule has 1 aliphatic carbocycles. The molecule has 2 rings (SSSR count). The van der Waals surface area contributed by atoms with Crippen LogP contribution in [0.4, 0.5) is 0 Å². The topological polar surface area (TPSA) is 52.1 Å². The third-order valence-electron chi connectivity index (χ3n) is 3.28. The average Bonchev–Trinajstić information content (AvgIpc) is 3.07. The number of carbonyl (C=O) groups excluding carboxylic acids is 1. The Morgan fingerprint density at radius 2 is 2.11 bits per heavy atom. The van der Waals surface area contributed by atoms with Gasteiger partial charge < -0.3 is 4.74 Å². The number of hydrogen-bond acceptors (Lipinski definition) is 4. The van der Waals surface area contributed by atoms with E-state index >= 15 is 0 Å². The van der Waals surface area contributed by atoms with Crippen LogP contribution in [0.3, 0.4) is 0 Å². The van der Waals surface area contributed by atoms with Gasteiger partial charge in [-0.25, -0.2) is 9.97 Å². The number of hydrogen-bond donors (Lipinski definition) is 0. The summed E-state index contributed by atoms with van der Waals surface area (Å²) < 4.78 is 4.87. The lowest BCUT2D eigenvalue weighted by Gasteiger charge is -2.14. The van der Waals surface area contributed by atoms with Gasteiger partial charge in [0.05, 0.1) is 7.11 Å². The first-order valence-corrected chi connectivity index (χ1v) is 6.41. The Labute approximate surface area is 108 Å². The van der Waals surface area contributed by atoms with Crippen LogP contribution >= 0.6 is 0 Å². The molecule has 0 spiro atoms. The molecule has 1 aromatic heterocycles. The van der Waals surface area contributed by atoms with Crippen LogP contribution in [0, 0.1) is 12.8 Å². The molecule has 0 aromatic carbocycles. The van der Waals surface area contributed by atoms with Gasteiger partial charge in [0.15, 0.2) is 0 Å². The van der Waals surface area contributed by atoms with E-state index in [1.54, 1.807) is 0 Å². The molecule has 1 aliphatic rings. The summed E-state index contributed by atoms with van der Waals surface area (Å²) in [7, 11) is 1.42. The van der Waals surface area contributed by atoms with Gasteiger partial charge in [0, 0.05) is 11.4 Å². The Hall–Kier alpha value is -1.45. The van der Waals surface area contributed by atoms with E-state index in [1.807, 2.05) is 13.0 Å². The van der Waals surface area contributed by atoms with Crippen molar-refractivity contribution in [2.45, 2.75) is 45.4 Å². The number of aryl methyl sites for hydroxylation is 1. The van der Waals surface area contributed by atoms with Gasteiger partial charge in [0.2, 0.25) is 0 Å². The Bertz CT molecular complexity index is 465. The highest BCUT2D eigenvalue weighted by molar-refractivity contribution is 5.85. The largest absolute Gasteiger partial charge is 0.468 e. The maximum absolute atomic E-state index is 11.8. The maximum Gasteiger partial charge on any atom is 0.319 e. The monoisotopic (exact) mass is 248 g/mol. The molecule has 1 aromatic rings. The van der Waals surface area contributed by atoms with Gasteiger partial charge in [-0.3, -0.25) is 4.79 Å². The molecule has 18 heavy (non-hydrogen) atoms. The Morgan fingerprint density at radius 1 is 1.44 bits per heavy atom. The first kappa shape index (κ1) is 13.0. The van der Waals surface area contributed by atoms with Crippen LogP contribution in [0.1, 0.15) is 43.9 Å². The van der Waals surface area contributed by atoms with Gasteiger partial charge in [-0.15, -0.1) is 0 Å². The molecule has 0 radical (unpaired) electrons. The van der Waals surface area contributed by atoms with Crippen LogP contribution in [-0.2, 0) is 21.4 Å². The summed E-state index contributed by atoms with van der Waals surface area (Å²) in [6, 6.07) is 2.00. The molecule has 0 N–H and O–H groups in total. The lowest BCUT2D eigenvalue weighted by atomic mass is 10.0. The molecule has 0 bridgehead atoms. The number of ether oxygens (including phenoxy) is 1. The fourth-order valence-corrected chi connectivity index (χ4v) is 2.21. The highest BCUT2D eigenvalue weighted by atomic mass is 16.5. The highest BCUT2D eigenvalue weighted by Crippen LogP contribution is 2.47. The predicted molar refractivity (Wildman–Crippen MR) is 68.2 cm³/mol. The molecule has 0 atom stereocenters. The van der Waals surface area contributed by atoms with E-state index in [4.69, 9.17) is 4.74 Å². The molecule has 0 unspecified atom stereocenters. The summed E-state index contributed by atoms with van der Waals surface area (Å²) in [5.41, 5.74) is 1.38. The van der Waals surface area contributed by atoms with Gasteiger partial charge in [0.25, 0.3) is 0 Å². The zero-order valence-corrected chi connectivity index (χ0v) is 11.5. The number of methoxy groups -OCH3 is 1. The molecule has 1 saturated carbocycles. The molecule has 4 heteroatoms. The second-order valence-electron chi connectivity index (χ2n) is 5.50. The van der Waals surface area contributed by atoms with Gasteiger partial charge in [0.1, 0.15) is 11.2 Å². The van der Waals surface area contributed by atoms with Crippen molar-refractivity contribution in [2.75, 3.05) is 7.11 Å². The van der Waals surface area contributed by atoms with Crippen LogP contribution in [0.15, 0.2) is 6.07 Å². The molecule has 1 fully saturated rings. The van der Waals surface area contributed by atoms with E-state index in [9.17, 15) is 4.79 Å². The van der Waals surface area contributed by atoms with Gasteiger partial charge in [-0.1, -0.05) is 13.8 Å². The molecule has 1 heterocycles. The number of esters is 1. The Morgan fingerprint density at radius 3 is 2.61 bits per heavy atom. The highest BCUT2D eigenvalue weighted by Gasteiger charge is 2.55. The van der Waals surface area contributed by atoms with Crippen molar-refractivity contribution in [1.82, 2.24) is 9.97 Å². The maximum atomic E-state index is 11.8. The number of rotatable bonds is 4. The normalized spacial score (nSPS) is 16.7. The second-order valence-corrected chi connectivity index (χ2v) is 5.50. The number of aromatic nitrogens is 2. The van der Waals surface area contributed by atoms with E-state index in [1.165, 1.54) is 7.11 Å². The second kappa shape index (κ2) is 4.67. The molecule has 0 aliphatic heterocycles. The molecular formula is C14H20N2O2. The SMILES string of the molecule is COC(=O)C1(c2nc(C)cc(CC(C)C)n2)CC1. The van der Waals surface area contributed by atoms with Gasteiger partial charge in [-0.05, 0) is 38.2 Å². The van der Waals surface area contributed by atoms with Crippen molar-refractivity contribution in [3.05, 3.63) is 23.3 Å². The zero-order valence-electron chi connectivity index (χ0n) is 11.5. The van der Waals surface area contributed by atoms with E-state index in [0.717, 1.165) is 30.7 Å². The van der Waals surface area contributed by atoms with Crippen molar-refractivity contribution in [3.63, 3.8) is 0 Å². The number of carbonyl (C=O) groups is 1. The van der Waals surface area contributed by atoms with Crippen molar-refractivity contribution in [3.8, 4) is 0 Å². The average molecular weight is 248 g/mol. The fraction of sp³-hybridized carbons (Fsp3) is 0.643. The van der Waals surface area contributed by atoms with Crippen LogP contribution in [-0.4, -0.2) is 23.0 Å². The lowest BCUT2D eigenvalue weighted by Crippen LogP contribution is -2.25. The van der Waals surface area contributed by atoms with Crippen molar-refractivity contribution < 1.29 is 9.53 Å². The van der Waals surface area contributed by atoms with E-state index in [2.05, 4.69) is 23.8 Å². The first-order valence-electron chi connectivity index (χ1n) is 6.41. The molecule has 4 nitrogen and oxygen atoms in total. The zero-order chi connectivity index (χ0) is 13.3. The first-order chi connectivity index (χ1) is 8.48. The summed E-state index contributed by atoms with van der Waals surface area (Å²) >= 11 is 0. The van der Waals surface area contributed by atoms with Crippen LogP contribution in [0.2, 0.25) is 0 Å². The van der Waals surface area contributed by atoms with Gasteiger partial charge in [-0.2, -0.15) is 0 Å². The summed E-state index contributed by atoms with van der Waals surface area (Å²) in [5, 5.41) is 0. The minimum atomic E-state index is -0.563. The van der Waals surface area contributed by atoms with E-state index in [0.29, 0.717) is 11.7 Å². The summed E-state index contributed by atoms with van der Waals surface area (Å²) in [6.07, 6.45) is 2.50. The summed E-state index contributed by atoms with van der Waals surface area (Å²) in [5.74, 6) is 0.981. The predicted octanol–water partition coefficient (Wildman–Crippen LogP) is 2.19. The van der Waals surface area contributed by atoms with Crippen LogP contribution in [0.5, 0.6) is 0 Å². The van der Waals surface area contributed by atoms with Gasteiger partial charge >= 0.3 is 5.97 Å². The van der Waals surface area contributed by atoms with Crippen LogP contribution in [0.25, 0.3) is 0 Å². The molecule has 0 amide bonds. The Balaban J connectivity index is 2.34. The summed E-state index contributed by atoms with van der Waals surface area (Å²) in [4.78, 5) is 20.8. The minimum absolute atomic E-state index is 0.205. The van der Waals surface area contributed by atoms with Crippen molar-refractivity contribution in [2.24, 2.45) is 5.92 Å². The van der Waals surface area contributed by atoms with Crippen LogP contribution < -0.4 is 0 Å². The molecule has 98 valence electrons. The minimum Gasteiger partial charge on any atom is -0.468 e. The third kappa shape index (κ3) is 2.37. The molecular weight excluding hydrogens is 228 g/mol. The van der Waals surface area contributed by atoms with Crippen molar-refractivity contribution in [1.29, 1.82) is 0 Å². The van der Waals surface area contributed by atoms with Crippen molar-refractivity contribution >= 4 is 5.97 Å². The van der Waals surface area contributed by atoms with E-state index < -0.39 is 5.41 Å². The standard InChI is InChI=1S/C14H20N2O2/c1-9(2)7-11-8-10(3)15-12(16-11)14(5-6-14)13(17)18-4/h8-9H,5-7H2,1-4H3. The van der Waals surface area contributed by atoms with E-state index in [-0.39, 0.29) is 5.97 Å². The third-order valence-corrected chi connectivity index (χ3v) is 3.28. The summed E-state index contributed by atoms with van der Waals surface area (Å²) in [6.45, 7) is 6.26. The fourth-order valence-electron chi connectivity index (χ4n) is 2.21. The number of nitrogens with zero attached hydrogens (tertiary/aromatic N) is 2. The smallest absolute Gasteiger partial charge is 0.319 e. The molecule has 0 saturated heterocycles.